The molecule has 1 aliphatic rings. The second-order valence-electron chi connectivity index (χ2n) is 7.47. The van der Waals surface area contributed by atoms with E-state index in [9.17, 15) is 19.6 Å². The van der Waals surface area contributed by atoms with E-state index < -0.39 is 17.8 Å². The fourth-order valence-electron chi connectivity index (χ4n) is 3.34. The van der Waals surface area contributed by atoms with E-state index in [1.54, 1.807) is 37.3 Å². The molecule has 7 nitrogen and oxygen atoms in total. The van der Waals surface area contributed by atoms with Gasteiger partial charge in [-0.25, -0.2) is 0 Å². The maximum atomic E-state index is 13.0. The second kappa shape index (κ2) is 10.9. The van der Waals surface area contributed by atoms with E-state index in [4.69, 9.17) is 9.47 Å². The van der Waals surface area contributed by atoms with Crippen LogP contribution in [0.1, 0.15) is 31.4 Å². The van der Waals surface area contributed by atoms with Crippen LogP contribution in [-0.2, 0) is 25.7 Å². The first-order valence-corrected chi connectivity index (χ1v) is 10.5. The van der Waals surface area contributed by atoms with Crippen molar-refractivity contribution in [2.75, 3.05) is 13.2 Å². The third-order valence-corrected chi connectivity index (χ3v) is 5.10. The van der Waals surface area contributed by atoms with Crippen molar-refractivity contribution in [3.05, 3.63) is 82.4 Å². The van der Waals surface area contributed by atoms with Crippen LogP contribution in [0.4, 0.5) is 0 Å². The number of carbonyl (C=O) groups excluding carboxylic acids is 3. The zero-order valence-electron chi connectivity index (χ0n) is 18.5. The molecule has 2 aromatic carbocycles. The lowest BCUT2D eigenvalue weighted by Gasteiger charge is -2.27. The van der Waals surface area contributed by atoms with Gasteiger partial charge in [-0.2, -0.15) is 5.26 Å². The first-order chi connectivity index (χ1) is 15.9. The Morgan fingerprint density at radius 2 is 1.76 bits per heavy atom. The molecule has 1 aliphatic heterocycles. The van der Waals surface area contributed by atoms with Gasteiger partial charge in [-0.1, -0.05) is 42.5 Å². The summed E-state index contributed by atoms with van der Waals surface area (Å²) in [5, 5.41) is 9.47. The van der Waals surface area contributed by atoms with Crippen LogP contribution in [0.25, 0.3) is 6.08 Å². The standard InChI is InChI=1S/C26H24N2O5/c1-18-23(25(30)28(26(31)24(18)16-27)13-6-14-32-19(2)29)15-20-9-11-22(12-10-20)33-17-21-7-4-3-5-8-21/h3-5,7-12,15H,6,13-14,17H2,1-2H3/b23-15+. The van der Waals surface area contributed by atoms with Gasteiger partial charge in [-0.3, -0.25) is 19.3 Å². The minimum Gasteiger partial charge on any atom is -0.489 e. The average Bonchev–Trinajstić information content (AvgIpc) is 2.81. The van der Waals surface area contributed by atoms with Crippen molar-refractivity contribution in [1.29, 1.82) is 5.26 Å². The molecule has 0 aromatic heterocycles. The van der Waals surface area contributed by atoms with Crippen LogP contribution in [0, 0.1) is 11.3 Å². The van der Waals surface area contributed by atoms with Crippen molar-refractivity contribution in [1.82, 2.24) is 4.90 Å². The molecule has 0 N–H and O–H groups in total. The normalized spacial score (nSPS) is 14.9. The summed E-state index contributed by atoms with van der Waals surface area (Å²) in [4.78, 5) is 37.6. The van der Waals surface area contributed by atoms with E-state index in [0.29, 0.717) is 17.9 Å². The number of hydrogen-bond donors (Lipinski definition) is 0. The topological polar surface area (TPSA) is 96.7 Å². The lowest BCUT2D eigenvalue weighted by atomic mass is 9.93. The van der Waals surface area contributed by atoms with E-state index >= 15 is 0 Å². The molecular formula is C26H24N2O5. The summed E-state index contributed by atoms with van der Waals surface area (Å²) in [5.41, 5.74) is 2.33. The highest BCUT2D eigenvalue weighted by Gasteiger charge is 2.35. The summed E-state index contributed by atoms with van der Waals surface area (Å²) in [5.74, 6) is -0.867. The Kier molecular flexibility index (Phi) is 7.77. The van der Waals surface area contributed by atoms with Crippen molar-refractivity contribution >= 4 is 23.9 Å². The van der Waals surface area contributed by atoms with Crippen LogP contribution in [0.5, 0.6) is 5.75 Å². The summed E-state index contributed by atoms with van der Waals surface area (Å²) in [6.45, 7) is 3.45. The number of imide groups is 1. The number of benzene rings is 2. The fraction of sp³-hybridized carbons (Fsp3) is 0.231. The van der Waals surface area contributed by atoms with Gasteiger partial charge in [-0.05, 0) is 48.3 Å². The van der Waals surface area contributed by atoms with Crippen LogP contribution in [0.15, 0.2) is 71.3 Å². The summed E-state index contributed by atoms with van der Waals surface area (Å²) in [7, 11) is 0. The first kappa shape index (κ1) is 23.5. The van der Waals surface area contributed by atoms with Crippen LogP contribution in [0.2, 0.25) is 0 Å². The number of carbonyl (C=O) groups is 3. The number of rotatable bonds is 8. The Balaban J connectivity index is 1.76. The summed E-state index contributed by atoms with van der Waals surface area (Å²) in [6, 6.07) is 18.9. The molecule has 0 saturated carbocycles. The average molecular weight is 444 g/mol. The van der Waals surface area contributed by atoms with Gasteiger partial charge >= 0.3 is 5.97 Å². The monoisotopic (exact) mass is 444 g/mol. The summed E-state index contributed by atoms with van der Waals surface area (Å²) < 4.78 is 10.7. The highest BCUT2D eigenvalue weighted by Crippen LogP contribution is 2.27. The predicted molar refractivity (Wildman–Crippen MR) is 121 cm³/mol. The molecule has 33 heavy (non-hydrogen) atoms. The molecule has 2 aromatic rings. The molecule has 7 heteroatoms. The van der Waals surface area contributed by atoms with Crippen molar-refractivity contribution in [2.45, 2.75) is 26.9 Å². The van der Waals surface area contributed by atoms with E-state index in [-0.39, 0.29) is 30.7 Å². The maximum absolute atomic E-state index is 13.0. The fourth-order valence-corrected chi connectivity index (χ4v) is 3.34. The van der Waals surface area contributed by atoms with E-state index in [0.717, 1.165) is 16.0 Å². The van der Waals surface area contributed by atoms with Crippen molar-refractivity contribution < 1.29 is 23.9 Å². The highest BCUT2D eigenvalue weighted by atomic mass is 16.5. The second-order valence-corrected chi connectivity index (χ2v) is 7.47. The molecule has 3 rings (SSSR count). The van der Waals surface area contributed by atoms with Crippen molar-refractivity contribution in [2.24, 2.45) is 0 Å². The summed E-state index contributed by atoms with van der Waals surface area (Å²) in [6.07, 6.45) is 1.94. The Labute approximate surface area is 192 Å². The molecule has 2 amide bonds. The van der Waals surface area contributed by atoms with Crippen molar-refractivity contribution in [3.63, 3.8) is 0 Å². The van der Waals surface area contributed by atoms with Crippen LogP contribution in [0.3, 0.4) is 0 Å². The van der Waals surface area contributed by atoms with Gasteiger partial charge < -0.3 is 9.47 Å². The van der Waals surface area contributed by atoms with E-state index in [1.807, 2.05) is 36.4 Å². The van der Waals surface area contributed by atoms with E-state index in [2.05, 4.69) is 0 Å². The number of nitriles is 1. The van der Waals surface area contributed by atoms with Gasteiger partial charge in [0.15, 0.2) is 0 Å². The zero-order valence-corrected chi connectivity index (χ0v) is 18.5. The van der Waals surface area contributed by atoms with Gasteiger partial charge in [0, 0.05) is 19.0 Å². The molecule has 0 bridgehead atoms. The Morgan fingerprint density at radius 3 is 2.39 bits per heavy atom. The van der Waals surface area contributed by atoms with Gasteiger partial charge in [0.05, 0.1) is 6.61 Å². The number of ether oxygens (including phenoxy) is 2. The minimum absolute atomic E-state index is 0.0486. The third-order valence-electron chi connectivity index (χ3n) is 5.10. The van der Waals surface area contributed by atoms with Crippen LogP contribution >= 0.6 is 0 Å². The molecular weight excluding hydrogens is 420 g/mol. The van der Waals surface area contributed by atoms with E-state index in [1.165, 1.54) is 6.92 Å². The molecule has 0 fully saturated rings. The van der Waals surface area contributed by atoms with Gasteiger partial charge in [0.1, 0.15) is 24.0 Å². The molecule has 0 saturated heterocycles. The van der Waals surface area contributed by atoms with Crippen molar-refractivity contribution in [3.8, 4) is 11.8 Å². The van der Waals surface area contributed by atoms with Gasteiger partial charge in [0.25, 0.3) is 11.8 Å². The summed E-state index contributed by atoms with van der Waals surface area (Å²) >= 11 is 0. The maximum Gasteiger partial charge on any atom is 0.302 e. The molecule has 0 unspecified atom stereocenters. The quantitative estimate of drug-likeness (QED) is 0.266. The number of esters is 1. The number of nitrogens with zero attached hydrogens (tertiary/aromatic N) is 2. The SMILES string of the molecule is CC(=O)OCCCN1C(=O)C(C#N)=C(C)/C(=C\c2ccc(OCc3ccccc3)cc2)C1=O. The number of hydrogen-bond acceptors (Lipinski definition) is 6. The smallest absolute Gasteiger partial charge is 0.302 e. The Morgan fingerprint density at radius 1 is 1.06 bits per heavy atom. The van der Waals surface area contributed by atoms with Gasteiger partial charge in [0.2, 0.25) is 0 Å². The predicted octanol–water partition coefficient (Wildman–Crippen LogP) is 3.81. The largest absolute Gasteiger partial charge is 0.489 e. The molecule has 0 radical (unpaired) electrons. The lowest BCUT2D eigenvalue weighted by molar-refractivity contribution is -0.141. The first-order valence-electron chi connectivity index (χ1n) is 10.5. The molecule has 168 valence electrons. The zero-order chi connectivity index (χ0) is 23.8. The molecule has 0 spiro atoms. The Hall–Kier alpha value is -4.18. The van der Waals surface area contributed by atoms with Gasteiger partial charge in [-0.15, -0.1) is 0 Å². The number of amides is 2. The Bertz CT molecular complexity index is 1140. The molecule has 1 heterocycles. The van der Waals surface area contributed by atoms with Crippen LogP contribution < -0.4 is 4.74 Å². The highest BCUT2D eigenvalue weighted by molar-refractivity contribution is 6.19. The minimum atomic E-state index is -0.635. The molecule has 0 aliphatic carbocycles. The van der Waals surface area contributed by atoms with Crippen LogP contribution in [-0.4, -0.2) is 35.8 Å². The third kappa shape index (κ3) is 5.95. The lowest BCUT2D eigenvalue weighted by Crippen LogP contribution is -2.43. The molecule has 0 atom stereocenters.